The van der Waals surface area contributed by atoms with E-state index in [1.807, 2.05) is 0 Å². The molecule has 0 saturated carbocycles. The Labute approximate surface area is 95.3 Å². The molecule has 1 amide bonds. The van der Waals surface area contributed by atoms with Gasteiger partial charge in [0, 0.05) is 24.8 Å². The van der Waals surface area contributed by atoms with Crippen molar-refractivity contribution in [3.8, 4) is 0 Å². The van der Waals surface area contributed by atoms with Gasteiger partial charge >= 0.3 is 6.09 Å². The highest BCUT2D eigenvalue weighted by Gasteiger charge is 2.12. The quantitative estimate of drug-likeness (QED) is 0.642. The van der Waals surface area contributed by atoms with Gasteiger partial charge in [0.2, 0.25) is 0 Å². The fourth-order valence-electron chi connectivity index (χ4n) is 1.01. The van der Waals surface area contributed by atoms with Gasteiger partial charge in [-0.25, -0.2) is 4.79 Å². The lowest BCUT2D eigenvalue weighted by Crippen LogP contribution is -2.33. The van der Waals surface area contributed by atoms with Crippen molar-refractivity contribution in [3.05, 3.63) is 0 Å². The summed E-state index contributed by atoms with van der Waals surface area (Å²) in [5, 5.41) is 0. The van der Waals surface area contributed by atoms with Crippen molar-refractivity contribution >= 4 is 29.3 Å². The van der Waals surface area contributed by atoms with E-state index < -0.39 is 0 Å². The van der Waals surface area contributed by atoms with E-state index in [0.717, 1.165) is 12.8 Å². The number of amides is 1. The van der Waals surface area contributed by atoms with Crippen LogP contribution in [-0.2, 0) is 4.74 Å². The van der Waals surface area contributed by atoms with Gasteiger partial charge in [-0.2, -0.15) is 0 Å². The van der Waals surface area contributed by atoms with Gasteiger partial charge in [-0.3, -0.25) is 0 Å². The summed E-state index contributed by atoms with van der Waals surface area (Å²) in [7, 11) is 0. The fraction of sp³-hybridized carbons (Fsp3) is 0.889. The molecular formula is C9H17Cl2NO2. The van der Waals surface area contributed by atoms with E-state index in [1.165, 1.54) is 0 Å². The molecule has 0 aromatic heterocycles. The summed E-state index contributed by atoms with van der Waals surface area (Å²) in [5.41, 5.74) is 0. The van der Waals surface area contributed by atoms with Crippen LogP contribution in [0.25, 0.3) is 0 Å². The molecule has 0 aromatic carbocycles. The molecule has 0 heterocycles. The molecule has 0 bridgehead atoms. The van der Waals surface area contributed by atoms with Crippen LogP contribution in [0, 0.1) is 0 Å². The molecule has 0 fully saturated rings. The molecule has 0 N–H and O–H groups in total. The van der Waals surface area contributed by atoms with E-state index >= 15 is 0 Å². The van der Waals surface area contributed by atoms with E-state index in [1.54, 1.807) is 11.8 Å². The Morgan fingerprint density at radius 1 is 1.21 bits per heavy atom. The molecule has 0 radical (unpaired) electrons. The molecule has 0 saturated heterocycles. The summed E-state index contributed by atoms with van der Waals surface area (Å²) >= 11 is 11.1. The predicted molar refractivity (Wildman–Crippen MR) is 59.3 cm³/mol. The van der Waals surface area contributed by atoms with E-state index in [9.17, 15) is 4.79 Å². The lowest BCUT2D eigenvalue weighted by molar-refractivity contribution is 0.107. The van der Waals surface area contributed by atoms with Crippen LogP contribution in [0.5, 0.6) is 0 Å². The van der Waals surface area contributed by atoms with Crippen molar-refractivity contribution in [2.24, 2.45) is 0 Å². The number of alkyl halides is 2. The number of ether oxygens (including phenoxy) is 1. The summed E-state index contributed by atoms with van der Waals surface area (Å²) < 4.78 is 4.90. The lowest BCUT2D eigenvalue weighted by Gasteiger charge is -2.20. The number of rotatable bonds is 7. The Bertz CT molecular complexity index is 148. The number of hydrogen-bond donors (Lipinski definition) is 0. The Balaban J connectivity index is 3.88. The standard InChI is InChI=1S/C9H17Cl2NO2/c1-2-14-9(13)12(7-3-5-10)8-4-6-11/h2-8H2,1H3. The summed E-state index contributed by atoms with van der Waals surface area (Å²) in [4.78, 5) is 13.0. The monoisotopic (exact) mass is 241 g/mol. The van der Waals surface area contributed by atoms with E-state index in [4.69, 9.17) is 27.9 Å². The van der Waals surface area contributed by atoms with Gasteiger partial charge in [-0.1, -0.05) is 0 Å². The summed E-state index contributed by atoms with van der Waals surface area (Å²) in [6, 6.07) is 0. The van der Waals surface area contributed by atoms with Crippen molar-refractivity contribution in [1.29, 1.82) is 0 Å². The Hall–Kier alpha value is -0.150. The van der Waals surface area contributed by atoms with Crippen molar-refractivity contribution in [1.82, 2.24) is 4.90 Å². The van der Waals surface area contributed by atoms with Crippen LogP contribution in [0.2, 0.25) is 0 Å². The number of halogens is 2. The van der Waals surface area contributed by atoms with E-state index in [-0.39, 0.29) is 6.09 Å². The average molecular weight is 242 g/mol. The fourth-order valence-corrected chi connectivity index (χ4v) is 1.25. The predicted octanol–water partition coefficient (Wildman–Crippen LogP) is 2.70. The molecule has 0 aromatic rings. The van der Waals surface area contributed by atoms with Gasteiger partial charge in [-0.05, 0) is 19.8 Å². The molecule has 3 nitrogen and oxygen atoms in total. The molecule has 0 aliphatic rings. The molecule has 5 heteroatoms. The zero-order valence-electron chi connectivity index (χ0n) is 8.47. The normalized spacial score (nSPS) is 9.93. The largest absolute Gasteiger partial charge is 0.450 e. The smallest absolute Gasteiger partial charge is 0.409 e. The first-order chi connectivity index (χ1) is 6.76. The van der Waals surface area contributed by atoms with Crippen LogP contribution in [0.1, 0.15) is 19.8 Å². The first kappa shape index (κ1) is 13.8. The van der Waals surface area contributed by atoms with E-state index in [0.29, 0.717) is 31.5 Å². The summed E-state index contributed by atoms with van der Waals surface area (Å²) in [6.07, 6.45) is 1.29. The topological polar surface area (TPSA) is 29.5 Å². The van der Waals surface area contributed by atoms with Crippen LogP contribution >= 0.6 is 23.2 Å². The highest BCUT2D eigenvalue weighted by molar-refractivity contribution is 6.18. The summed E-state index contributed by atoms with van der Waals surface area (Å²) in [6.45, 7) is 3.47. The molecule has 0 aliphatic heterocycles. The third-order valence-corrected chi connectivity index (χ3v) is 2.18. The van der Waals surface area contributed by atoms with Crippen LogP contribution in [0.15, 0.2) is 0 Å². The van der Waals surface area contributed by atoms with Gasteiger partial charge in [0.25, 0.3) is 0 Å². The highest BCUT2D eigenvalue weighted by atomic mass is 35.5. The molecule has 0 unspecified atom stereocenters. The number of carbonyl (C=O) groups is 1. The van der Waals surface area contributed by atoms with Crippen LogP contribution < -0.4 is 0 Å². The molecule has 0 rings (SSSR count). The maximum atomic E-state index is 11.4. The molecule has 0 spiro atoms. The average Bonchev–Trinajstić information content (AvgIpc) is 2.18. The first-order valence-corrected chi connectivity index (χ1v) is 5.86. The minimum absolute atomic E-state index is 0.275. The number of nitrogens with zero attached hydrogens (tertiary/aromatic N) is 1. The molecule has 0 aliphatic carbocycles. The van der Waals surface area contributed by atoms with Gasteiger partial charge in [0.15, 0.2) is 0 Å². The Morgan fingerprint density at radius 2 is 1.71 bits per heavy atom. The van der Waals surface area contributed by atoms with Gasteiger partial charge < -0.3 is 9.64 Å². The number of hydrogen-bond acceptors (Lipinski definition) is 2. The van der Waals surface area contributed by atoms with Crippen molar-refractivity contribution in [3.63, 3.8) is 0 Å². The minimum Gasteiger partial charge on any atom is -0.450 e. The maximum absolute atomic E-state index is 11.4. The van der Waals surface area contributed by atoms with Gasteiger partial charge in [0.1, 0.15) is 0 Å². The third-order valence-electron chi connectivity index (χ3n) is 1.65. The van der Waals surface area contributed by atoms with E-state index in [2.05, 4.69) is 0 Å². The minimum atomic E-state index is -0.275. The van der Waals surface area contributed by atoms with Crippen molar-refractivity contribution < 1.29 is 9.53 Å². The van der Waals surface area contributed by atoms with Crippen LogP contribution in [0.3, 0.4) is 0 Å². The second kappa shape index (κ2) is 9.41. The third kappa shape index (κ3) is 6.33. The number of carbonyl (C=O) groups excluding carboxylic acids is 1. The second-order valence-electron chi connectivity index (χ2n) is 2.77. The SMILES string of the molecule is CCOC(=O)N(CCCCl)CCCCl. The molecular weight excluding hydrogens is 225 g/mol. The Kier molecular flexibility index (Phi) is 9.31. The zero-order valence-corrected chi connectivity index (χ0v) is 9.98. The van der Waals surface area contributed by atoms with Gasteiger partial charge in [0.05, 0.1) is 6.61 Å². The van der Waals surface area contributed by atoms with Gasteiger partial charge in [-0.15, -0.1) is 23.2 Å². The zero-order chi connectivity index (χ0) is 10.8. The molecule has 0 atom stereocenters. The second-order valence-corrected chi connectivity index (χ2v) is 3.53. The lowest BCUT2D eigenvalue weighted by atomic mass is 10.4. The highest BCUT2D eigenvalue weighted by Crippen LogP contribution is 2.00. The van der Waals surface area contributed by atoms with Crippen LogP contribution in [-0.4, -0.2) is 42.4 Å². The first-order valence-electron chi connectivity index (χ1n) is 4.79. The van der Waals surface area contributed by atoms with Crippen molar-refractivity contribution in [2.45, 2.75) is 19.8 Å². The molecule has 84 valence electrons. The maximum Gasteiger partial charge on any atom is 0.409 e. The van der Waals surface area contributed by atoms with Crippen LogP contribution in [0.4, 0.5) is 4.79 Å². The Morgan fingerprint density at radius 3 is 2.07 bits per heavy atom. The summed E-state index contributed by atoms with van der Waals surface area (Å²) in [5.74, 6) is 1.10. The van der Waals surface area contributed by atoms with Crippen molar-refractivity contribution in [2.75, 3.05) is 31.5 Å². The molecule has 14 heavy (non-hydrogen) atoms.